The number of nitrogens with one attached hydrogen (secondary N) is 1. The number of amides is 2. The number of rotatable bonds is 4. The number of carbonyl (C=O) groups is 1. The van der Waals surface area contributed by atoms with Gasteiger partial charge in [0.05, 0.1) is 32.3 Å². The van der Waals surface area contributed by atoms with Gasteiger partial charge < -0.3 is 24.1 Å². The molecule has 0 bridgehead atoms. The van der Waals surface area contributed by atoms with Crippen LogP contribution in [0, 0.1) is 6.92 Å². The van der Waals surface area contributed by atoms with Gasteiger partial charge in [0.25, 0.3) is 0 Å². The van der Waals surface area contributed by atoms with E-state index in [2.05, 4.69) is 10.2 Å². The second-order valence-corrected chi connectivity index (χ2v) is 7.18. The van der Waals surface area contributed by atoms with Gasteiger partial charge in [0.1, 0.15) is 23.9 Å². The molecular formula is C21H27N3O4. The lowest BCUT2D eigenvalue weighted by atomic mass is 10.1. The van der Waals surface area contributed by atoms with Crippen LogP contribution in [-0.2, 0) is 11.3 Å². The number of benzene rings is 1. The third kappa shape index (κ3) is 4.31. The number of ether oxygens (including phenoxy) is 2. The highest BCUT2D eigenvalue weighted by Gasteiger charge is 2.27. The topological polar surface area (TPSA) is 67.2 Å². The van der Waals surface area contributed by atoms with Crippen molar-refractivity contribution in [3.05, 3.63) is 53.5 Å². The summed E-state index contributed by atoms with van der Waals surface area (Å²) in [7, 11) is 0. The summed E-state index contributed by atoms with van der Waals surface area (Å²) < 4.78 is 17.1. The van der Waals surface area contributed by atoms with Crippen molar-refractivity contribution >= 4 is 6.03 Å². The molecule has 0 radical (unpaired) electrons. The van der Waals surface area contributed by atoms with Crippen molar-refractivity contribution in [1.29, 1.82) is 0 Å². The van der Waals surface area contributed by atoms with Gasteiger partial charge in [-0.15, -0.1) is 0 Å². The molecule has 0 spiro atoms. The predicted octanol–water partition coefficient (Wildman–Crippen LogP) is 2.57. The molecule has 0 unspecified atom stereocenters. The average Bonchev–Trinajstić information content (AvgIpc) is 3.03. The second kappa shape index (κ2) is 8.67. The molecule has 2 aliphatic heterocycles. The highest BCUT2D eigenvalue weighted by atomic mass is 16.5. The van der Waals surface area contributed by atoms with E-state index in [9.17, 15) is 4.79 Å². The summed E-state index contributed by atoms with van der Waals surface area (Å²) in [6, 6.07) is 11.8. The summed E-state index contributed by atoms with van der Waals surface area (Å²) in [5, 5.41) is 3.11. The fraction of sp³-hybridized carbons (Fsp3) is 0.476. The number of fused-ring (bicyclic) bond motifs is 1. The number of hydrogen-bond donors (Lipinski definition) is 1. The smallest absolute Gasteiger partial charge is 0.317 e. The van der Waals surface area contributed by atoms with Gasteiger partial charge in [-0.25, -0.2) is 4.79 Å². The molecule has 150 valence electrons. The van der Waals surface area contributed by atoms with Gasteiger partial charge in [-0.05, 0) is 25.1 Å². The van der Waals surface area contributed by atoms with Gasteiger partial charge in [-0.2, -0.15) is 0 Å². The Balaban J connectivity index is 1.42. The monoisotopic (exact) mass is 385 g/mol. The first-order chi connectivity index (χ1) is 13.7. The number of aryl methyl sites for hydroxylation is 1. The summed E-state index contributed by atoms with van der Waals surface area (Å²) in [4.78, 5) is 17.0. The summed E-state index contributed by atoms with van der Waals surface area (Å²) in [6.45, 7) is 7.07. The molecule has 1 atom stereocenters. The van der Waals surface area contributed by atoms with Gasteiger partial charge in [0, 0.05) is 25.2 Å². The van der Waals surface area contributed by atoms with Crippen molar-refractivity contribution in [3.63, 3.8) is 0 Å². The fourth-order valence-corrected chi connectivity index (χ4v) is 3.73. The molecule has 7 nitrogen and oxygen atoms in total. The zero-order chi connectivity index (χ0) is 19.3. The minimum Gasteiger partial charge on any atom is -0.491 e. The zero-order valence-electron chi connectivity index (χ0n) is 16.2. The van der Waals surface area contributed by atoms with Crippen LogP contribution in [0.25, 0.3) is 0 Å². The first-order valence-corrected chi connectivity index (χ1v) is 9.82. The summed E-state index contributed by atoms with van der Waals surface area (Å²) in [6.07, 6.45) is 0. The Morgan fingerprint density at radius 3 is 2.71 bits per heavy atom. The third-order valence-corrected chi connectivity index (χ3v) is 5.26. The van der Waals surface area contributed by atoms with Gasteiger partial charge in [-0.3, -0.25) is 4.90 Å². The largest absolute Gasteiger partial charge is 0.491 e. The Hall–Kier alpha value is -2.51. The lowest BCUT2D eigenvalue weighted by molar-refractivity contribution is 0.0119. The van der Waals surface area contributed by atoms with E-state index in [1.54, 1.807) is 4.90 Å². The van der Waals surface area contributed by atoms with E-state index >= 15 is 0 Å². The molecule has 0 saturated carbocycles. The maximum atomic E-state index is 12.9. The first-order valence-electron chi connectivity index (χ1n) is 9.82. The average molecular weight is 385 g/mol. The number of carbonyl (C=O) groups excluding carboxylic acids is 1. The molecule has 2 amide bonds. The Morgan fingerprint density at radius 2 is 1.93 bits per heavy atom. The predicted molar refractivity (Wildman–Crippen MR) is 104 cm³/mol. The Morgan fingerprint density at radius 1 is 1.11 bits per heavy atom. The molecule has 1 aromatic heterocycles. The standard InChI is InChI=1S/C21H27N3O4/c1-16-6-7-20(28-16)18(23-8-11-26-12-9-23)14-22-21(25)24-10-13-27-19-5-3-2-4-17(19)15-24/h2-7,18H,8-15H2,1H3,(H,22,25)/t18-/m0/s1. The number of nitrogens with zero attached hydrogens (tertiary/aromatic N) is 2. The molecule has 1 N–H and O–H groups in total. The maximum absolute atomic E-state index is 12.9. The summed E-state index contributed by atoms with van der Waals surface area (Å²) in [5.41, 5.74) is 1.03. The highest BCUT2D eigenvalue weighted by molar-refractivity contribution is 5.74. The van der Waals surface area contributed by atoms with E-state index in [0.717, 1.165) is 35.9 Å². The second-order valence-electron chi connectivity index (χ2n) is 7.18. The quantitative estimate of drug-likeness (QED) is 0.876. The van der Waals surface area contributed by atoms with Crippen molar-refractivity contribution in [2.24, 2.45) is 0 Å². The highest BCUT2D eigenvalue weighted by Crippen LogP contribution is 2.24. The number of furan rings is 1. The molecule has 7 heteroatoms. The lowest BCUT2D eigenvalue weighted by Gasteiger charge is -2.34. The number of morpholine rings is 1. The van der Waals surface area contributed by atoms with E-state index in [0.29, 0.717) is 39.5 Å². The van der Waals surface area contributed by atoms with Crippen molar-refractivity contribution in [3.8, 4) is 5.75 Å². The Labute approximate surface area is 165 Å². The summed E-state index contributed by atoms with van der Waals surface area (Å²) in [5.74, 6) is 2.61. The van der Waals surface area contributed by atoms with E-state index in [1.807, 2.05) is 43.3 Å². The van der Waals surface area contributed by atoms with Gasteiger partial charge >= 0.3 is 6.03 Å². The molecule has 0 aliphatic carbocycles. The molecule has 1 fully saturated rings. The molecule has 3 heterocycles. The van der Waals surface area contributed by atoms with Crippen LogP contribution in [0.2, 0.25) is 0 Å². The van der Waals surface area contributed by atoms with E-state index in [4.69, 9.17) is 13.9 Å². The van der Waals surface area contributed by atoms with E-state index < -0.39 is 0 Å². The number of urea groups is 1. The molecule has 2 aromatic rings. The third-order valence-electron chi connectivity index (χ3n) is 5.26. The Kier molecular flexibility index (Phi) is 5.83. The molecular weight excluding hydrogens is 358 g/mol. The van der Waals surface area contributed by atoms with Crippen LogP contribution in [0.5, 0.6) is 5.75 Å². The zero-order valence-corrected chi connectivity index (χ0v) is 16.2. The van der Waals surface area contributed by atoms with Gasteiger partial charge in [-0.1, -0.05) is 18.2 Å². The molecule has 2 aliphatic rings. The van der Waals surface area contributed by atoms with Gasteiger partial charge in [0.2, 0.25) is 0 Å². The fourth-order valence-electron chi connectivity index (χ4n) is 3.73. The SMILES string of the molecule is Cc1ccc([C@H](CNC(=O)N2CCOc3ccccc3C2)N2CCOCC2)o1. The summed E-state index contributed by atoms with van der Waals surface area (Å²) >= 11 is 0. The molecule has 4 rings (SSSR count). The minimum absolute atomic E-state index is 0.00272. The van der Waals surface area contributed by atoms with Crippen LogP contribution < -0.4 is 10.1 Å². The van der Waals surface area contributed by atoms with Crippen LogP contribution in [0.3, 0.4) is 0 Å². The van der Waals surface area contributed by atoms with Gasteiger partial charge in [0.15, 0.2) is 0 Å². The molecule has 28 heavy (non-hydrogen) atoms. The maximum Gasteiger partial charge on any atom is 0.317 e. The van der Waals surface area contributed by atoms with Crippen LogP contribution >= 0.6 is 0 Å². The van der Waals surface area contributed by atoms with Crippen molar-refractivity contribution in [2.45, 2.75) is 19.5 Å². The Bertz CT molecular complexity index is 800. The van der Waals surface area contributed by atoms with Crippen LogP contribution in [0.1, 0.15) is 23.1 Å². The van der Waals surface area contributed by atoms with Crippen LogP contribution in [-0.4, -0.2) is 61.8 Å². The number of hydrogen-bond acceptors (Lipinski definition) is 5. The van der Waals surface area contributed by atoms with Crippen molar-refractivity contribution in [1.82, 2.24) is 15.1 Å². The number of para-hydroxylation sites is 1. The van der Waals surface area contributed by atoms with Crippen LogP contribution in [0.4, 0.5) is 4.79 Å². The minimum atomic E-state index is -0.0816. The molecule has 1 saturated heterocycles. The molecule has 1 aromatic carbocycles. The lowest BCUT2D eigenvalue weighted by Crippen LogP contribution is -2.47. The van der Waals surface area contributed by atoms with E-state index in [1.165, 1.54) is 0 Å². The normalized spacial score (nSPS) is 18.7. The van der Waals surface area contributed by atoms with Crippen molar-refractivity contribution < 1.29 is 18.7 Å². The van der Waals surface area contributed by atoms with Crippen LogP contribution in [0.15, 0.2) is 40.8 Å². The van der Waals surface area contributed by atoms with Crippen molar-refractivity contribution in [2.75, 3.05) is 46.0 Å². The first kappa shape index (κ1) is 18.8. The van der Waals surface area contributed by atoms with E-state index in [-0.39, 0.29) is 12.1 Å².